The number of aromatic amines is 1. The third kappa shape index (κ3) is 6.23. The molecule has 0 spiro atoms. The average Bonchev–Trinajstić information content (AvgIpc) is 3.51. The number of phenols is 1. The SMILES string of the molecule is CC(C)(C)OC(=O)n1nc(-c2cc3ccc(O)cc3[nH]2)c2sc(-c3ccccc3)cc21.CC(C)(C)OC=O. The van der Waals surface area contributed by atoms with Crippen LogP contribution in [0.15, 0.2) is 60.7 Å². The van der Waals surface area contributed by atoms with Crippen molar-refractivity contribution in [2.75, 3.05) is 0 Å². The standard InChI is InChI=1S/C24H21N3O3S.C5H10O2/c1-24(2,3)30-23(29)27-19-13-20(14-7-5-4-6-8-14)31-22(19)21(26-27)18-11-15-9-10-16(28)12-17(15)25-18;1-5(2,3)7-4-6/h4-13,25,28H,1-3H3;4H,1-3H3. The summed E-state index contributed by atoms with van der Waals surface area (Å²) in [5, 5.41) is 15.4. The predicted octanol–water partition coefficient (Wildman–Crippen LogP) is 7.36. The minimum Gasteiger partial charge on any atom is -0.508 e. The number of ether oxygens (including phenoxy) is 2. The molecule has 0 aliphatic carbocycles. The molecule has 3 aromatic heterocycles. The summed E-state index contributed by atoms with van der Waals surface area (Å²) in [5.74, 6) is 0.188. The van der Waals surface area contributed by atoms with E-state index in [2.05, 4.69) is 14.8 Å². The molecule has 9 heteroatoms. The Labute approximate surface area is 224 Å². The molecular formula is C29H31N3O5S. The molecule has 2 N–H and O–H groups in total. The maximum absolute atomic E-state index is 12.9. The van der Waals surface area contributed by atoms with Crippen LogP contribution in [-0.4, -0.2) is 43.6 Å². The molecule has 0 unspecified atom stereocenters. The summed E-state index contributed by atoms with van der Waals surface area (Å²) >= 11 is 1.58. The van der Waals surface area contributed by atoms with E-state index in [1.54, 1.807) is 23.5 Å². The van der Waals surface area contributed by atoms with Gasteiger partial charge in [0.1, 0.15) is 22.6 Å². The van der Waals surface area contributed by atoms with Gasteiger partial charge < -0.3 is 19.6 Å². The van der Waals surface area contributed by atoms with Gasteiger partial charge >= 0.3 is 6.09 Å². The monoisotopic (exact) mass is 533 g/mol. The Balaban J connectivity index is 0.000000426. The lowest BCUT2D eigenvalue weighted by atomic mass is 10.2. The van der Waals surface area contributed by atoms with Crippen LogP contribution in [0.5, 0.6) is 5.75 Å². The first-order chi connectivity index (χ1) is 17.8. The second-order valence-corrected chi connectivity index (χ2v) is 11.8. The van der Waals surface area contributed by atoms with Crippen LogP contribution in [0.3, 0.4) is 0 Å². The minimum atomic E-state index is -0.632. The molecule has 3 heterocycles. The van der Waals surface area contributed by atoms with E-state index in [9.17, 15) is 14.7 Å². The zero-order valence-corrected chi connectivity index (χ0v) is 23.1. The van der Waals surface area contributed by atoms with Gasteiger partial charge in [0.15, 0.2) is 0 Å². The summed E-state index contributed by atoms with van der Waals surface area (Å²) in [6.07, 6.45) is -0.519. The zero-order chi connectivity index (χ0) is 27.7. The van der Waals surface area contributed by atoms with Gasteiger partial charge in [-0.1, -0.05) is 30.3 Å². The molecule has 0 saturated heterocycles. The maximum Gasteiger partial charge on any atom is 0.435 e. The van der Waals surface area contributed by atoms with Crippen LogP contribution in [0.1, 0.15) is 41.5 Å². The summed E-state index contributed by atoms with van der Waals surface area (Å²) in [5.41, 5.74) is 3.07. The maximum atomic E-state index is 12.9. The van der Waals surface area contributed by atoms with E-state index < -0.39 is 11.7 Å². The summed E-state index contributed by atoms with van der Waals surface area (Å²) in [7, 11) is 0. The highest BCUT2D eigenvalue weighted by atomic mass is 32.1. The molecule has 0 aliphatic rings. The lowest BCUT2D eigenvalue weighted by Gasteiger charge is -2.19. The topological polar surface area (TPSA) is 106 Å². The largest absolute Gasteiger partial charge is 0.508 e. The van der Waals surface area contributed by atoms with Gasteiger partial charge in [0.05, 0.1) is 15.9 Å². The summed E-state index contributed by atoms with van der Waals surface area (Å²) in [6.45, 7) is 11.4. The number of nitrogens with one attached hydrogen (secondary N) is 1. The van der Waals surface area contributed by atoms with Crippen molar-refractivity contribution < 1.29 is 24.2 Å². The first-order valence-electron chi connectivity index (χ1n) is 12.1. The van der Waals surface area contributed by atoms with Crippen LogP contribution in [-0.2, 0) is 14.3 Å². The fourth-order valence-electron chi connectivity index (χ4n) is 3.66. The second-order valence-electron chi connectivity index (χ2n) is 10.7. The molecule has 2 aromatic carbocycles. The first-order valence-corrected chi connectivity index (χ1v) is 12.9. The van der Waals surface area contributed by atoms with Gasteiger partial charge in [0.25, 0.3) is 6.47 Å². The molecule has 0 radical (unpaired) electrons. The fraction of sp³-hybridized carbons (Fsp3) is 0.276. The highest BCUT2D eigenvalue weighted by Gasteiger charge is 2.25. The van der Waals surface area contributed by atoms with Crippen molar-refractivity contribution in [1.82, 2.24) is 14.8 Å². The van der Waals surface area contributed by atoms with Crippen molar-refractivity contribution in [2.24, 2.45) is 0 Å². The van der Waals surface area contributed by atoms with Crippen LogP contribution in [0.25, 0.3) is 42.9 Å². The van der Waals surface area contributed by atoms with Crippen LogP contribution in [0, 0.1) is 0 Å². The Morgan fingerprint density at radius 2 is 1.71 bits per heavy atom. The summed E-state index contributed by atoms with van der Waals surface area (Å²) < 4.78 is 12.4. The Hall–Kier alpha value is -4.11. The smallest absolute Gasteiger partial charge is 0.435 e. The normalized spacial score (nSPS) is 11.7. The number of rotatable bonds is 3. The van der Waals surface area contributed by atoms with Gasteiger partial charge in [-0.25, -0.2) is 4.79 Å². The van der Waals surface area contributed by atoms with Gasteiger partial charge in [0.2, 0.25) is 0 Å². The second kappa shape index (κ2) is 10.3. The number of aromatic hydroxyl groups is 1. The molecule has 5 rings (SSSR count). The Bertz CT molecular complexity index is 1580. The molecule has 0 aliphatic heterocycles. The predicted molar refractivity (Wildman–Crippen MR) is 151 cm³/mol. The highest BCUT2D eigenvalue weighted by molar-refractivity contribution is 7.22. The van der Waals surface area contributed by atoms with E-state index in [1.807, 2.05) is 90.1 Å². The van der Waals surface area contributed by atoms with E-state index in [4.69, 9.17) is 4.74 Å². The fourth-order valence-corrected chi connectivity index (χ4v) is 4.80. The number of carbonyl (C=O) groups is 2. The van der Waals surface area contributed by atoms with Gasteiger partial charge in [-0.15, -0.1) is 11.3 Å². The zero-order valence-electron chi connectivity index (χ0n) is 22.2. The number of fused-ring (bicyclic) bond motifs is 2. The number of aromatic nitrogens is 3. The third-order valence-electron chi connectivity index (χ3n) is 5.24. The highest BCUT2D eigenvalue weighted by Crippen LogP contribution is 2.40. The van der Waals surface area contributed by atoms with Crippen LogP contribution in [0.4, 0.5) is 4.79 Å². The Morgan fingerprint density at radius 3 is 2.32 bits per heavy atom. The van der Waals surface area contributed by atoms with E-state index in [0.29, 0.717) is 17.7 Å². The van der Waals surface area contributed by atoms with Crippen LogP contribution < -0.4 is 0 Å². The molecule has 5 aromatic rings. The van der Waals surface area contributed by atoms with Crippen molar-refractivity contribution >= 4 is 45.0 Å². The van der Waals surface area contributed by atoms with Crippen LogP contribution in [0.2, 0.25) is 0 Å². The van der Waals surface area contributed by atoms with E-state index in [0.717, 1.165) is 31.7 Å². The number of H-pyrrole nitrogens is 1. The number of thiophene rings is 1. The molecule has 8 nitrogen and oxygen atoms in total. The van der Waals surface area contributed by atoms with Crippen molar-refractivity contribution in [3.05, 3.63) is 60.7 Å². The number of carbonyl (C=O) groups excluding carboxylic acids is 2. The van der Waals surface area contributed by atoms with Gasteiger partial charge in [-0.05, 0) is 71.4 Å². The molecule has 0 saturated carbocycles. The van der Waals surface area contributed by atoms with Gasteiger partial charge in [-0.3, -0.25) is 4.79 Å². The van der Waals surface area contributed by atoms with E-state index >= 15 is 0 Å². The molecule has 38 heavy (non-hydrogen) atoms. The molecule has 0 bridgehead atoms. The van der Waals surface area contributed by atoms with Crippen LogP contribution >= 0.6 is 11.3 Å². The molecular weight excluding hydrogens is 502 g/mol. The van der Waals surface area contributed by atoms with Crippen molar-refractivity contribution in [3.8, 4) is 27.6 Å². The number of benzene rings is 2. The lowest BCUT2D eigenvalue weighted by Crippen LogP contribution is -2.27. The van der Waals surface area contributed by atoms with Gasteiger partial charge in [-0.2, -0.15) is 9.78 Å². The van der Waals surface area contributed by atoms with Crippen molar-refractivity contribution in [3.63, 3.8) is 0 Å². The summed E-state index contributed by atoms with van der Waals surface area (Å²) in [4.78, 5) is 26.9. The van der Waals surface area contributed by atoms with Crippen molar-refractivity contribution in [1.29, 1.82) is 0 Å². The Morgan fingerprint density at radius 1 is 1.00 bits per heavy atom. The molecule has 198 valence electrons. The molecule has 0 atom stereocenters. The van der Waals surface area contributed by atoms with E-state index in [1.165, 1.54) is 4.68 Å². The Kier molecular flexibility index (Phi) is 7.33. The molecule has 0 fully saturated rings. The number of hydrogen-bond acceptors (Lipinski definition) is 7. The summed E-state index contributed by atoms with van der Waals surface area (Å²) in [6, 6.07) is 19.2. The van der Waals surface area contributed by atoms with Crippen molar-refractivity contribution in [2.45, 2.75) is 52.7 Å². The number of hydrogen-bond donors (Lipinski definition) is 2. The third-order valence-corrected chi connectivity index (χ3v) is 6.42. The van der Waals surface area contributed by atoms with Gasteiger partial charge in [0, 0.05) is 21.8 Å². The number of nitrogens with zero attached hydrogens (tertiary/aromatic N) is 2. The van der Waals surface area contributed by atoms with E-state index in [-0.39, 0.29) is 11.4 Å². The average molecular weight is 534 g/mol. The quantitative estimate of drug-likeness (QED) is 0.235. The lowest BCUT2D eigenvalue weighted by molar-refractivity contribution is -0.138. The number of phenolic OH excluding ortho intramolecular Hbond substituents is 1. The first kappa shape index (κ1) is 26.9. The minimum absolute atomic E-state index is 0.188. The molecule has 0 amide bonds.